The summed E-state index contributed by atoms with van der Waals surface area (Å²) in [4.78, 5) is 71.4. The van der Waals surface area contributed by atoms with E-state index >= 15 is 4.79 Å². The molecule has 2 heterocycles. The highest BCUT2D eigenvalue weighted by Crippen LogP contribution is 2.64. The molecule has 4 aromatic carbocycles. The van der Waals surface area contributed by atoms with Crippen molar-refractivity contribution >= 4 is 52.6 Å². The minimum atomic E-state index is -1.56. The molecule has 2 aliphatic carbocycles. The molecule has 2 saturated heterocycles. The third kappa shape index (κ3) is 5.47. The number of carbonyl (C=O) groups is 5. The lowest BCUT2D eigenvalue weighted by Crippen LogP contribution is -2.53. The maximum atomic E-state index is 15.2. The highest BCUT2D eigenvalue weighted by atomic mass is 35.5. The minimum absolute atomic E-state index is 0.0397. The van der Waals surface area contributed by atoms with Gasteiger partial charge in [0.05, 0.1) is 46.7 Å². The predicted octanol–water partition coefficient (Wildman–Crippen LogP) is 5.74. The number of hydrogen-bond acceptors (Lipinski definition) is 8. The first-order valence-electron chi connectivity index (χ1n) is 17.5. The molecule has 1 saturated carbocycles. The van der Waals surface area contributed by atoms with Gasteiger partial charge in [0.1, 0.15) is 18.2 Å². The van der Waals surface area contributed by atoms with Crippen LogP contribution in [0, 0.1) is 29.5 Å². The number of anilines is 2. The minimum Gasteiger partial charge on any atom is -0.491 e. The van der Waals surface area contributed by atoms with Crippen LogP contribution in [0.2, 0.25) is 5.02 Å². The highest BCUT2D eigenvalue weighted by Gasteiger charge is 2.70. The van der Waals surface area contributed by atoms with Crippen molar-refractivity contribution in [1.82, 2.24) is 5.01 Å². The molecule has 4 aliphatic rings. The summed E-state index contributed by atoms with van der Waals surface area (Å²) >= 11 is 6.36. The number of halogens is 2. The molecular weight excluding hydrogens is 717 g/mol. The summed E-state index contributed by atoms with van der Waals surface area (Å²) in [5.41, 5.74) is 3.62. The van der Waals surface area contributed by atoms with Crippen LogP contribution >= 0.6 is 11.6 Å². The number of allylic oxidation sites excluding steroid dienone is 2. The molecular formula is C41H33ClFN3O8. The number of carboxylic acids is 1. The number of carbonyl (C=O) groups excluding carboxylic acids is 4. The Kier molecular flexibility index (Phi) is 8.82. The van der Waals surface area contributed by atoms with E-state index in [1.54, 1.807) is 48.5 Å². The van der Waals surface area contributed by atoms with E-state index in [4.69, 9.17) is 16.3 Å². The molecule has 54 heavy (non-hydrogen) atoms. The molecule has 2 aliphatic heterocycles. The molecule has 4 aromatic rings. The van der Waals surface area contributed by atoms with E-state index in [-0.39, 0.29) is 37.3 Å². The Balaban J connectivity index is 1.29. The van der Waals surface area contributed by atoms with E-state index in [0.717, 1.165) is 15.5 Å². The van der Waals surface area contributed by atoms with Crippen LogP contribution in [-0.4, -0.2) is 58.0 Å². The number of hydrazine groups is 1. The Morgan fingerprint density at radius 1 is 0.907 bits per heavy atom. The SMILES string of the molecule is O=C(O)c1cccc(N2C(=O)C3CC=C4C(CC5C(=O)N(Nc6ccc(F)cc6)C(=O)C5(c5ccc(Cl)cc5)C4c4ccc(OCCO)cc4)C3C2=O)c1. The summed E-state index contributed by atoms with van der Waals surface area (Å²) in [5, 5.41) is 20.3. The fourth-order valence-corrected chi connectivity index (χ4v) is 9.11. The van der Waals surface area contributed by atoms with Crippen LogP contribution in [0.1, 0.15) is 40.2 Å². The van der Waals surface area contributed by atoms with Crippen molar-refractivity contribution < 1.29 is 43.3 Å². The summed E-state index contributed by atoms with van der Waals surface area (Å²) < 4.78 is 19.5. The normalized spacial score (nSPS) is 25.9. The van der Waals surface area contributed by atoms with Crippen molar-refractivity contribution in [3.63, 3.8) is 0 Å². The van der Waals surface area contributed by atoms with Crippen LogP contribution in [0.3, 0.4) is 0 Å². The predicted molar refractivity (Wildman–Crippen MR) is 194 cm³/mol. The van der Waals surface area contributed by atoms with Crippen LogP contribution < -0.4 is 15.1 Å². The van der Waals surface area contributed by atoms with E-state index in [0.29, 0.717) is 27.6 Å². The van der Waals surface area contributed by atoms with E-state index in [2.05, 4.69) is 5.43 Å². The zero-order valence-electron chi connectivity index (χ0n) is 28.5. The van der Waals surface area contributed by atoms with Gasteiger partial charge in [-0.3, -0.25) is 29.5 Å². The number of amides is 4. The number of ether oxygens (including phenoxy) is 1. The fraction of sp³-hybridized carbons (Fsp3) is 0.244. The molecule has 3 N–H and O–H groups in total. The number of fused-ring (bicyclic) bond motifs is 4. The number of benzene rings is 4. The molecule has 274 valence electrons. The van der Waals surface area contributed by atoms with E-state index < -0.39 is 70.4 Å². The van der Waals surface area contributed by atoms with Crippen molar-refractivity contribution in [2.75, 3.05) is 23.5 Å². The molecule has 11 nitrogen and oxygen atoms in total. The zero-order valence-corrected chi connectivity index (χ0v) is 29.3. The van der Waals surface area contributed by atoms with Crippen LogP contribution in [0.15, 0.2) is 109 Å². The largest absolute Gasteiger partial charge is 0.491 e. The number of imide groups is 2. The van der Waals surface area contributed by atoms with Crippen molar-refractivity contribution in [3.8, 4) is 5.75 Å². The molecule has 0 spiro atoms. The average Bonchev–Trinajstić information content (AvgIpc) is 3.56. The van der Waals surface area contributed by atoms with Gasteiger partial charge in [-0.25, -0.2) is 9.18 Å². The van der Waals surface area contributed by atoms with E-state index in [9.17, 15) is 33.8 Å². The summed E-state index contributed by atoms with van der Waals surface area (Å²) in [7, 11) is 0. The third-order valence-corrected chi connectivity index (χ3v) is 11.4. The number of aliphatic hydroxyl groups is 1. The van der Waals surface area contributed by atoms with E-state index in [1.807, 2.05) is 6.08 Å². The molecule has 0 radical (unpaired) electrons. The van der Waals surface area contributed by atoms with Crippen LogP contribution in [0.25, 0.3) is 0 Å². The summed E-state index contributed by atoms with van der Waals surface area (Å²) in [6, 6.07) is 24.7. The number of aliphatic hydroxyl groups excluding tert-OH is 1. The Bertz CT molecular complexity index is 2230. The van der Waals surface area contributed by atoms with Gasteiger partial charge in [-0.05, 0) is 96.6 Å². The summed E-state index contributed by atoms with van der Waals surface area (Å²) in [5.74, 6) is -7.52. The lowest BCUT2D eigenvalue weighted by Gasteiger charge is -2.50. The molecule has 8 rings (SSSR count). The second-order valence-electron chi connectivity index (χ2n) is 13.9. The van der Waals surface area contributed by atoms with Crippen LogP contribution in [0.4, 0.5) is 15.8 Å². The van der Waals surface area contributed by atoms with Gasteiger partial charge < -0.3 is 14.9 Å². The number of hydrogen-bond donors (Lipinski definition) is 3. The Morgan fingerprint density at radius 3 is 2.31 bits per heavy atom. The van der Waals surface area contributed by atoms with Crippen molar-refractivity contribution in [3.05, 3.63) is 136 Å². The first kappa shape index (κ1) is 35.2. The van der Waals surface area contributed by atoms with Gasteiger partial charge in [0.15, 0.2) is 0 Å². The number of nitrogens with one attached hydrogen (secondary N) is 1. The zero-order chi connectivity index (χ0) is 37.9. The Hall–Kier alpha value is -5.85. The Labute approximate surface area is 313 Å². The fourth-order valence-electron chi connectivity index (χ4n) is 8.98. The second kappa shape index (κ2) is 13.5. The maximum Gasteiger partial charge on any atom is 0.335 e. The van der Waals surface area contributed by atoms with Gasteiger partial charge in [-0.15, -0.1) is 0 Å². The summed E-state index contributed by atoms with van der Waals surface area (Å²) in [6.45, 7) is -0.129. The van der Waals surface area contributed by atoms with E-state index in [1.165, 1.54) is 48.5 Å². The number of aromatic carboxylic acids is 1. The first-order chi connectivity index (χ1) is 26.0. The molecule has 6 unspecified atom stereocenters. The standard InChI is InChI=1S/C41H33ClFN3O8/c42-25-8-6-24(7-9-25)41-33(37(49)46(40(41)53)44-27-12-10-26(43)11-13-27)21-32-30(35(41)22-4-14-29(15-5-22)54-19-18-47)16-17-31-34(32)38(50)45(36(31)48)28-3-1-2-23(20-28)39(51)52/h1-16,20,31-35,44,47H,17-19,21H2,(H,51,52). The Morgan fingerprint density at radius 2 is 1.63 bits per heavy atom. The molecule has 6 atom stereocenters. The highest BCUT2D eigenvalue weighted by molar-refractivity contribution is 6.30. The van der Waals surface area contributed by atoms with Crippen molar-refractivity contribution in [1.29, 1.82) is 0 Å². The smallest absolute Gasteiger partial charge is 0.335 e. The van der Waals surface area contributed by atoms with Gasteiger partial charge in [-0.1, -0.05) is 53.6 Å². The lowest BCUT2D eigenvalue weighted by molar-refractivity contribution is -0.138. The van der Waals surface area contributed by atoms with Crippen LogP contribution in [0.5, 0.6) is 5.75 Å². The first-order valence-corrected chi connectivity index (χ1v) is 17.8. The number of rotatable bonds is 9. The monoisotopic (exact) mass is 749 g/mol. The quantitative estimate of drug-likeness (QED) is 0.144. The van der Waals surface area contributed by atoms with Gasteiger partial charge >= 0.3 is 5.97 Å². The van der Waals surface area contributed by atoms with Crippen molar-refractivity contribution in [2.45, 2.75) is 24.2 Å². The lowest BCUT2D eigenvalue weighted by atomic mass is 9.49. The van der Waals surface area contributed by atoms with Gasteiger partial charge in [0.25, 0.3) is 11.8 Å². The average molecular weight is 750 g/mol. The molecule has 4 amide bonds. The molecule has 3 fully saturated rings. The van der Waals surface area contributed by atoms with Crippen LogP contribution in [-0.2, 0) is 24.6 Å². The number of carboxylic acid groups (broad SMARTS) is 1. The second-order valence-corrected chi connectivity index (χ2v) is 14.3. The maximum absolute atomic E-state index is 15.2. The van der Waals surface area contributed by atoms with Gasteiger partial charge in [0, 0.05) is 10.9 Å². The molecule has 13 heteroatoms. The molecule has 0 bridgehead atoms. The summed E-state index contributed by atoms with van der Waals surface area (Å²) in [6.07, 6.45) is 2.13. The topological polar surface area (TPSA) is 154 Å². The number of nitrogens with zero attached hydrogens (tertiary/aromatic N) is 2. The van der Waals surface area contributed by atoms with Crippen molar-refractivity contribution in [2.24, 2.45) is 23.7 Å². The van der Waals surface area contributed by atoms with Gasteiger partial charge in [-0.2, -0.15) is 5.01 Å². The van der Waals surface area contributed by atoms with Gasteiger partial charge in [0.2, 0.25) is 11.8 Å². The third-order valence-electron chi connectivity index (χ3n) is 11.2. The molecule has 0 aromatic heterocycles.